The summed E-state index contributed by atoms with van der Waals surface area (Å²) in [6.45, 7) is 2.11. The molecule has 0 bridgehead atoms. The SMILES string of the molecule is CCOC(=O)/C=C\[Se]C#N. The maximum atomic E-state index is 10.5. The minimum absolute atomic E-state index is 0.229. The van der Waals surface area contributed by atoms with E-state index in [4.69, 9.17) is 5.26 Å². The summed E-state index contributed by atoms with van der Waals surface area (Å²) in [6, 6.07) is 0. The molecule has 0 unspecified atom stereocenters. The van der Waals surface area contributed by atoms with Crippen molar-refractivity contribution in [3.63, 3.8) is 0 Å². The summed E-state index contributed by atoms with van der Waals surface area (Å²) in [5, 5.41) is 8.08. The molecule has 3 nitrogen and oxygen atoms in total. The van der Waals surface area contributed by atoms with Gasteiger partial charge in [0.2, 0.25) is 0 Å². The van der Waals surface area contributed by atoms with Gasteiger partial charge in [0, 0.05) is 0 Å². The number of carbonyl (C=O) groups is 1. The predicted octanol–water partition coefficient (Wildman–Crippen LogP) is 0.248. The van der Waals surface area contributed by atoms with E-state index in [0.29, 0.717) is 6.61 Å². The van der Waals surface area contributed by atoms with Crippen LogP contribution in [-0.2, 0) is 9.53 Å². The van der Waals surface area contributed by atoms with Gasteiger partial charge in [-0.05, 0) is 0 Å². The van der Waals surface area contributed by atoms with Gasteiger partial charge in [0.1, 0.15) is 0 Å². The van der Waals surface area contributed by atoms with Gasteiger partial charge >= 0.3 is 65.3 Å². The Hall–Kier alpha value is -0.781. The topological polar surface area (TPSA) is 50.1 Å². The minimum atomic E-state index is -0.375. The Labute approximate surface area is 65.8 Å². The van der Waals surface area contributed by atoms with Crippen LogP contribution in [-0.4, -0.2) is 27.5 Å². The number of rotatable bonds is 3. The van der Waals surface area contributed by atoms with E-state index >= 15 is 0 Å². The zero-order chi connectivity index (χ0) is 7.82. The molecule has 0 aromatic rings. The number of nitrogens with zero attached hydrogens (tertiary/aromatic N) is 1. The van der Waals surface area contributed by atoms with Crippen molar-refractivity contribution < 1.29 is 9.53 Å². The number of hydrogen-bond acceptors (Lipinski definition) is 3. The fourth-order valence-electron chi connectivity index (χ4n) is 0.310. The Morgan fingerprint density at radius 3 is 3.10 bits per heavy atom. The molecule has 0 rings (SSSR count). The molecule has 54 valence electrons. The summed E-state index contributed by atoms with van der Waals surface area (Å²) >= 11 is -0.229. The quantitative estimate of drug-likeness (QED) is 0.376. The Bertz CT molecular complexity index is 171. The van der Waals surface area contributed by atoms with Crippen LogP contribution in [0.15, 0.2) is 11.1 Å². The Morgan fingerprint density at radius 2 is 2.60 bits per heavy atom. The average Bonchev–Trinajstić information content (AvgIpc) is 1.89. The van der Waals surface area contributed by atoms with Crippen molar-refractivity contribution in [1.29, 1.82) is 5.26 Å². The molecule has 0 aliphatic carbocycles. The van der Waals surface area contributed by atoms with Gasteiger partial charge in [0.25, 0.3) is 0 Å². The first-order chi connectivity index (χ1) is 4.81. The Kier molecular flexibility index (Phi) is 5.85. The zero-order valence-electron chi connectivity index (χ0n) is 5.53. The third-order valence-corrected chi connectivity index (χ3v) is 1.40. The molecular weight excluding hydrogens is 197 g/mol. The van der Waals surface area contributed by atoms with Gasteiger partial charge in [-0.25, -0.2) is 0 Å². The van der Waals surface area contributed by atoms with Crippen LogP contribution in [0.2, 0.25) is 0 Å². The standard InChI is InChI=1S/C6H7NO2Se/c1-2-9-6(8)3-4-10-5-7/h3-4H,2H2,1H3/b4-3-. The van der Waals surface area contributed by atoms with Gasteiger partial charge in [0.15, 0.2) is 0 Å². The van der Waals surface area contributed by atoms with Crippen molar-refractivity contribution in [1.82, 2.24) is 0 Å². The van der Waals surface area contributed by atoms with Crippen LogP contribution in [0.4, 0.5) is 0 Å². The third kappa shape index (κ3) is 5.36. The first kappa shape index (κ1) is 9.22. The molecule has 0 aliphatic rings. The van der Waals surface area contributed by atoms with Crippen LogP contribution in [0.1, 0.15) is 6.92 Å². The molecule has 0 aromatic heterocycles. The summed E-state index contributed by atoms with van der Waals surface area (Å²) in [4.78, 5) is 14.0. The van der Waals surface area contributed by atoms with Crippen molar-refractivity contribution in [2.24, 2.45) is 0 Å². The predicted molar refractivity (Wildman–Crippen MR) is 37.1 cm³/mol. The summed E-state index contributed by atoms with van der Waals surface area (Å²) in [6.07, 6.45) is 1.28. The molecular formula is C6H7NO2Se. The number of esters is 1. The normalized spacial score (nSPS) is 9.20. The van der Waals surface area contributed by atoms with E-state index < -0.39 is 0 Å². The zero-order valence-corrected chi connectivity index (χ0v) is 7.25. The van der Waals surface area contributed by atoms with Gasteiger partial charge in [-0.15, -0.1) is 0 Å². The Balaban J connectivity index is 3.48. The van der Waals surface area contributed by atoms with Crippen LogP contribution >= 0.6 is 0 Å². The van der Waals surface area contributed by atoms with Crippen molar-refractivity contribution in [3.8, 4) is 4.97 Å². The van der Waals surface area contributed by atoms with Crippen LogP contribution < -0.4 is 0 Å². The van der Waals surface area contributed by atoms with Gasteiger partial charge in [-0.2, -0.15) is 0 Å². The maximum absolute atomic E-state index is 10.5. The molecule has 0 spiro atoms. The number of hydrogen-bond donors (Lipinski definition) is 0. The fourth-order valence-corrected chi connectivity index (χ4v) is 0.814. The molecule has 10 heavy (non-hydrogen) atoms. The molecule has 0 atom stereocenters. The van der Waals surface area contributed by atoms with Gasteiger partial charge in [-0.1, -0.05) is 0 Å². The van der Waals surface area contributed by atoms with Gasteiger partial charge in [0.05, 0.1) is 0 Å². The number of ether oxygens (including phenoxy) is 1. The van der Waals surface area contributed by atoms with Gasteiger partial charge < -0.3 is 0 Å². The second-order valence-electron chi connectivity index (χ2n) is 1.26. The van der Waals surface area contributed by atoms with E-state index in [2.05, 4.69) is 4.74 Å². The first-order valence-electron chi connectivity index (χ1n) is 2.69. The average molecular weight is 204 g/mol. The summed E-state index contributed by atoms with van der Waals surface area (Å²) in [7, 11) is 0. The van der Waals surface area contributed by atoms with E-state index in [-0.39, 0.29) is 20.9 Å². The van der Waals surface area contributed by atoms with E-state index in [1.54, 1.807) is 6.92 Å². The second-order valence-corrected chi connectivity index (χ2v) is 2.71. The summed E-state index contributed by atoms with van der Waals surface area (Å²) in [5.74, 6) is -0.375. The molecule has 4 heteroatoms. The van der Waals surface area contributed by atoms with Crippen molar-refractivity contribution in [2.75, 3.05) is 6.61 Å². The second kappa shape index (κ2) is 6.34. The first-order valence-corrected chi connectivity index (χ1v) is 4.54. The van der Waals surface area contributed by atoms with E-state index in [1.807, 2.05) is 4.97 Å². The van der Waals surface area contributed by atoms with E-state index in [0.717, 1.165) is 0 Å². The van der Waals surface area contributed by atoms with E-state index in [1.165, 1.54) is 11.1 Å². The summed E-state index contributed by atoms with van der Waals surface area (Å²) in [5.41, 5.74) is 0. The molecule has 0 amide bonds. The molecule has 0 aromatic carbocycles. The molecule has 0 N–H and O–H groups in total. The van der Waals surface area contributed by atoms with Crippen molar-refractivity contribution in [3.05, 3.63) is 11.1 Å². The van der Waals surface area contributed by atoms with E-state index in [9.17, 15) is 4.79 Å². The monoisotopic (exact) mass is 205 g/mol. The van der Waals surface area contributed by atoms with Gasteiger partial charge in [-0.3, -0.25) is 0 Å². The molecule has 0 saturated carbocycles. The van der Waals surface area contributed by atoms with Crippen LogP contribution in [0, 0.1) is 10.2 Å². The third-order valence-electron chi connectivity index (χ3n) is 0.611. The number of nitriles is 1. The van der Waals surface area contributed by atoms with Crippen molar-refractivity contribution >= 4 is 20.9 Å². The fraction of sp³-hybridized carbons (Fsp3) is 0.333. The Morgan fingerprint density at radius 1 is 1.90 bits per heavy atom. The molecule has 0 fully saturated rings. The van der Waals surface area contributed by atoms with Crippen molar-refractivity contribution in [2.45, 2.75) is 6.92 Å². The number of carbonyl (C=O) groups excluding carboxylic acids is 1. The van der Waals surface area contributed by atoms with Crippen LogP contribution in [0.25, 0.3) is 0 Å². The summed E-state index contributed by atoms with van der Waals surface area (Å²) < 4.78 is 4.56. The van der Waals surface area contributed by atoms with Crippen LogP contribution in [0.3, 0.4) is 0 Å². The molecule has 0 radical (unpaired) electrons. The molecule has 0 aliphatic heterocycles. The molecule has 0 saturated heterocycles. The van der Waals surface area contributed by atoms with Crippen LogP contribution in [0.5, 0.6) is 0 Å². The molecule has 0 heterocycles.